The van der Waals surface area contributed by atoms with Crippen LogP contribution in [-0.2, 0) is 19.3 Å². The standard InChI is InChI=1S/C18H21N7O6/c26-16(27)23-10-4-19-13(23)1-7-22(8-2-14-20-5-11-24(14)17(28)29)9-3-15-21-6-12-25(15)18(30)31/h4-6,10-12H,1-3,7-9H2,(H,26,27)(H,28,29)(H,30,31). The second kappa shape index (κ2) is 9.67. The summed E-state index contributed by atoms with van der Waals surface area (Å²) in [5.41, 5.74) is 0. The van der Waals surface area contributed by atoms with Gasteiger partial charge in [0.1, 0.15) is 17.5 Å². The van der Waals surface area contributed by atoms with Gasteiger partial charge in [-0.05, 0) is 0 Å². The molecule has 0 saturated carbocycles. The summed E-state index contributed by atoms with van der Waals surface area (Å²) in [7, 11) is 0. The first-order valence-corrected chi connectivity index (χ1v) is 9.35. The number of rotatable bonds is 9. The van der Waals surface area contributed by atoms with E-state index in [-0.39, 0.29) is 0 Å². The third-order valence-electron chi connectivity index (χ3n) is 4.73. The van der Waals surface area contributed by atoms with Crippen LogP contribution in [0.1, 0.15) is 17.5 Å². The number of nitrogens with zero attached hydrogens (tertiary/aromatic N) is 7. The average Bonchev–Trinajstić information content (AvgIpc) is 3.47. The van der Waals surface area contributed by atoms with Gasteiger partial charge < -0.3 is 20.2 Å². The molecule has 0 aliphatic rings. The maximum Gasteiger partial charge on any atom is 0.416 e. The Bertz CT molecular complexity index is 935. The molecule has 3 aromatic rings. The highest BCUT2D eigenvalue weighted by atomic mass is 16.4. The SMILES string of the molecule is O=C(O)n1ccnc1CCN(CCc1nccn1C(=O)O)CCc1nccn1C(=O)O. The van der Waals surface area contributed by atoms with E-state index in [9.17, 15) is 29.7 Å². The van der Waals surface area contributed by atoms with Gasteiger partial charge in [0.15, 0.2) is 0 Å². The molecule has 3 N–H and O–H groups in total. The van der Waals surface area contributed by atoms with Crippen LogP contribution in [0.2, 0.25) is 0 Å². The lowest BCUT2D eigenvalue weighted by molar-refractivity contribution is 0.194. The minimum absolute atomic E-state index is 0.333. The van der Waals surface area contributed by atoms with E-state index in [0.29, 0.717) is 56.4 Å². The van der Waals surface area contributed by atoms with Crippen molar-refractivity contribution in [3.63, 3.8) is 0 Å². The molecule has 3 heterocycles. The highest BCUT2D eigenvalue weighted by molar-refractivity contribution is 5.69. The van der Waals surface area contributed by atoms with Gasteiger partial charge in [0.25, 0.3) is 0 Å². The van der Waals surface area contributed by atoms with Crippen molar-refractivity contribution in [2.45, 2.75) is 19.3 Å². The Labute approximate surface area is 175 Å². The third-order valence-corrected chi connectivity index (χ3v) is 4.73. The molecule has 0 aliphatic carbocycles. The van der Waals surface area contributed by atoms with E-state index in [4.69, 9.17) is 0 Å². The first kappa shape index (κ1) is 21.7. The van der Waals surface area contributed by atoms with Gasteiger partial charge >= 0.3 is 18.3 Å². The van der Waals surface area contributed by atoms with Crippen LogP contribution in [0.4, 0.5) is 14.4 Å². The molecule has 0 radical (unpaired) electrons. The van der Waals surface area contributed by atoms with Crippen molar-refractivity contribution in [2.24, 2.45) is 0 Å². The Kier molecular flexibility index (Phi) is 6.77. The molecule has 0 spiro atoms. The van der Waals surface area contributed by atoms with Crippen molar-refractivity contribution in [3.05, 3.63) is 54.7 Å². The summed E-state index contributed by atoms with van der Waals surface area (Å²) in [6.45, 7) is 1.27. The fourth-order valence-corrected chi connectivity index (χ4v) is 3.19. The van der Waals surface area contributed by atoms with Gasteiger partial charge in [-0.15, -0.1) is 0 Å². The lowest BCUT2D eigenvalue weighted by atomic mass is 10.2. The fraction of sp³-hybridized carbons (Fsp3) is 0.333. The molecule has 31 heavy (non-hydrogen) atoms. The van der Waals surface area contributed by atoms with Crippen LogP contribution < -0.4 is 0 Å². The van der Waals surface area contributed by atoms with E-state index >= 15 is 0 Å². The topological polar surface area (TPSA) is 169 Å². The van der Waals surface area contributed by atoms with E-state index in [1.165, 1.54) is 37.2 Å². The van der Waals surface area contributed by atoms with E-state index < -0.39 is 18.3 Å². The predicted octanol–water partition coefficient (Wildman–Crippen LogP) is 1.18. The zero-order valence-corrected chi connectivity index (χ0v) is 16.4. The molecule has 0 fully saturated rings. The first-order chi connectivity index (χ1) is 14.9. The Morgan fingerprint density at radius 1 is 0.645 bits per heavy atom. The molecule has 0 amide bonds. The maximum absolute atomic E-state index is 11.3. The highest BCUT2D eigenvalue weighted by Gasteiger charge is 2.16. The molecule has 164 valence electrons. The van der Waals surface area contributed by atoms with Crippen molar-refractivity contribution < 1.29 is 29.7 Å². The summed E-state index contributed by atoms with van der Waals surface area (Å²) < 4.78 is 3.10. The second-order valence-electron chi connectivity index (χ2n) is 6.58. The van der Waals surface area contributed by atoms with Crippen LogP contribution >= 0.6 is 0 Å². The van der Waals surface area contributed by atoms with Crippen molar-refractivity contribution in [2.75, 3.05) is 19.6 Å². The zero-order valence-electron chi connectivity index (χ0n) is 16.4. The van der Waals surface area contributed by atoms with E-state index in [1.807, 2.05) is 4.90 Å². The molecule has 0 bridgehead atoms. The van der Waals surface area contributed by atoms with Crippen LogP contribution in [0.15, 0.2) is 37.2 Å². The number of imidazole rings is 3. The summed E-state index contributed by atoms with van der Waals surface area (Å²) >= 11 is 0. The number of hydrogen-bond donors (Lipinski definition) is 3. The Hall–Kier alpha value is -4.00. The number of carbonyl (C=O) groups is 3. The molecule has 3 aromatic heterocycles. The minimum Gasteiger partial charge on any atom is -0.464 e. The molecule has 0 aliphatic heterocycles. The minimum atomic E-state index is -1.13. The number of aromatic nitrogens is 6. The smallest absolute Gasteiger partial charge is 0.416 e. The first-order valence-electron chi connectivity index (χ1n) is 9.35. The van der Waals surface area contributed by atoms with Crippen molar-refractivity contribution in [1.29, 1.82) is 0 Å². The van der Waals surface area contributed by atoms with Gasteiger partial charge in [0, 0.05) is 76.1 Å². The van der Waals surface area contributed by atoms with Crippen molar-refractivity contribution in [1.82, 2.24) is 33.6 Å². The summed E-state index contributed by atoms with van der Waals surface area (Å²) in [6, 6.07) is 0. The summed E-state index contributed by atoms with van der Waals surface area (Å²) in [6.07, 6.45) is 5.88. The Morgan fingerprint density at radius 3 is 1.19 bits per heavy atom. The molecule has 0 saturated heterocycles. The third kappa shape index (κ3) is 5.33. The van der Waals surface area contributed by atoms with E-state index in [0.717, 1.165) is 13.7 Å². The molecular formula is C18H21N7O6. The Balaban J connectivity index is 1.69. The molecule has 13 nitrogen and oxygen atoms in total. The Morgan fingerprint density at radius 2 is 0.935 bits per heavy atom. The van der Waals surface area contributed by atoms with Gasteiger partial charge in [0.05, 0.1) is 0 Å². The predicted molar refractivity (Wildman–Crippen MR) is 105 cm³/mol. The van der Waals surface area contributed by atoms with Crippen molar-refractivity contribution >= 4 is 18.3 Å². The summed E-state index contributed by atoms with van der Waals surface area (Å²) in [5.74, 6) is 1.12. The normalized spacial score (nSPS) is 11.1. The zero-order chi connectivity index (χ0) is 22.4. The lowest BCUT2D eigenvalue weighted by Crippen LogP contribution is -2.33. The van der Waals surface area contributed by atoms with E-state index in [2.05, 4.69) is 15.0 Å². The van der Waals surface area contributed by atoms with Crippen LogP contribution in [0.25, 0.3) is 0 Å². The van der Waals surface area contributed by atoms with Crippen LogP contribution in [-0.4, -0.2) is 86.8 Å². The summed E-state index contributed by atoms with van der Waals surface area (Å²) in [4.78, 5) is 48.0. The maximum atomic E-state index is 11.3. The molecular weight excluding hydrogens is 410 g/mol. The summed E-state index contributed by atoms with van der Waals surface area (Å²) in [5, 5.41) is 27.7. The van der Waals surface area contributed by atoms with Crippen LogP contribution in [0.5, 0.6) is 0 Å². The van der Waals surface area contributed by atoms with E-state index in [1.54, 1.807) is 0 Å². The molecule has 0 unspecified atom stereocenters. The average molecular weight is 431 g/mol. The van der Waals surface area contributed by atoms with Crippen molar-refractivity contribution in [3.8, 4) is 0 Å². The van der Waals surface area contributed by atoms with Crippen LogP contribution in [0.3, 0.4) is 0 Å². The number of hydrogen-bond acceptors (Lipinski definition) is 7. The number of carboxylic acid groups (broad SMARTS) is 3. The molecule has 0 atom stereocenters. The van der Waals surface area contributed by atoms with Gasteiger partial charge in [-0.2, -0.15) is 0 Å². The quantitative estimate of drug-likeness (QED) is 0.447. The highest BCUT2D eigenvalue weighted by Crippen LogP contribution is 2.07. The van der Waals surface area contributed by atoms with Gasteiger partial charge in [0.2, 0.25) is 0 Å². The fourth-order valence-electron chi connectivity index (χ4n) is 3.19. The van der Waals surface area contributed by atoms with Gasteiger partial charge in [-0.3, -0.25) is 0 Å². The molecule has 3 rings (SSSR count). The van der Waals surface area contributed by atoms with Crippen LogP contribution in [0, 0.1) is 0 Å². The van der Waals surface area contributed by atoms with Gasteiger partial charge in [-0.1, -0.05) is 0 Å². The van der Waals surface area contributed by atoms with Gasteiger partial charge in [-0.25, -0.2) is 43.0 Å². The monoisotopic (exact) mass is 431 g/mol. The lowest BCUT2D eigenvalue weighted by Gasteiger charge is -2.22. The molecule has 13 heteroatoms. The second-order valence-corrected chi connectivity index (χ2v) is 6.58. The largest absolute Gasteiger partial charge is 0.464 e. The molecule has 0 aromatic carbocycles.